The number of nitrogens with two attached hydrogens (primary N) is 1. The second kappa shape index (κ2) is 36.4. The van der Waals surface area contributed by atoms with Crippen molar-refractivity contribution in [2.24, 2.45) is 5.73 Å². The first-order valence-electron chi connectivity index (χ1n) is 19.1. The predicted molar refractivity (Wildman–Crippen MR) is 187 cm³/mol. The van der Waals surface area contributed by atoms with Crippen molar-refractivity contribution in [1.29, 1.82) is 0 Å². The third-order valence-corrected chi connectivity index (χ3v) is 9.08. The zero-order valence-electron chi connectivity index (χ0n) is 29.2. The number of unbranched alkanes of at least 4 members (excludes halogenated alkanes) is 27. The third-order valence-electron chi connectivity index (χ3n) is 9.08. The molecule has 0 radical (unpaired) electrons. The van der Waals surface area contributed by atoms with E-state index in [1.54, 1.807) is 0 Å². The summed E-state index contributed by atoms with van der Waals surface area (Å²) in [4.78, 5) is 8.56. The van der Waals surface area contributed by atoms with E-state index in [0.717, 1.165) is 0 Å². The van der Waals surface area contributed by atoms with E-state index in [9.17, 15) is 0 Å². The number of rotatable bonds is 33. The Balaban J connectivity index is 0. The van der Waals surface area contributed by atoms with Crippen LogP contribution in [-0.4, -0.2) is 21.9 Å². The Morgan fingerprint density at radius 3 is 0.690 bits per heavy atom. The average Bonchev–Trinajstić information content (AvgIpc) is 2.96. The Morgan fingerprint density at radius 2 is 0.524 bits per heavy atom. The minimum absolute atomic E-state index is 0.125. The van der Waals surface area contributed by atoms with E-state index in [0.29, 0.717) is 0 Å². The van der Waals surface area contributed by atoms with Crippen LogP contribution in [0.25, 0.3) is 0 Å². The molecule has 0 aliphatic carbocycles. The van der Waals surface area contributed by atoms with Crippen molar-refractivity contribution in [3.63, 3.8) is 0 Å². The summed E-state index contributed by atoms with van der Waals surface area (Å²) in [7, 11) is 0. The van der Waals surface area contributed by atoms with E-state index >= 15 is 0 Å². The van der Waals surface area contributed by atoms with E-state index in [1.807, 2.05) is 0 Å². The van der Waals surface area contributed by atoms with E-state index in [4.69, 9.17) is 20.7 Å². The van der Waals surface area contributed by atoms with Crippen LogP contribution in [-0.2, 0) is 0 Å². The Kier molecular flexibility index (Phi) is 37.6. The number of hydrogen-bond acceptors (Lipinski definition) is 2. The predicted octanol–water partition coefficient (Wildman–Crippen LogP) is 13.8. The van der Waals surface area contributed by atoms with E-state index in [2.05, 4.69) is 20.8 Å². The molecule has 0 aliphatic heterocycles. The molecule has 0 heterocycles. The maximum atomic E-state index is 8.56. The molecule has 0 fully saturated rings. The molecular weight excluding hydrogens is 518 g/mol. The lowest BCUT2D eigenvalue weighted by atomic mass is 9.82. The second-order valence-electron chi connectivity index (χ2n) is 13.4. The fraction of sp³-hybridized carbons (Fsp3) is 0.974. The lowest BCUT2D eigenvalue weighted by Crippen LogP contribution is -2.39. The van der Waals surface area contributed by atoms with Gasteiger partial charge in [-0.05, 0) is 19.3 Å². The fourth-order valence-corrected chi connectivity index (χ4v) is 6.27. The first-order chi connectivity index (χ1) is 20.4. The van der Waals surface area contributed by atoms with Crippen molar-refractivity contribution in [1.82, 2.24) is 0 Å². The molecule has 0 bridgehead atoms. The van der Waals surface area contributed by atoms with Gasteiger partial charge in [-0.2, -0.15) is 0 Å². The molecule has 42 heavy (non-hydrogen) atoms. The molecule has 0 atom stereocenters. The molecule has 0 spiro atoms. The molecule has 0 saturated heterocycles. The third kappa shape index (κ3) is 39.2. The summed E-state index contributed by atoms with van der Waals surface area (Å²) in [6.45, 7) is 6.93. The van der Waals surface area contributed by atoms with Gasteiger partial charge in [0, 0.05) is 5.54 Å². The van der Waals surface area contributed by atoms with Crippen LogP contribution in [0.3, 0.4) is 0 Å². The normalized spacial score (nSPS) is 11.4. The summed E-state index contributed by atoms with van der Waals surface area (Å²) < 4.78 is 0. The number of carboxylic acid groups (broad SMARTS) is 2. The quantitative estimate of drug-likeness (QED) is 0.0657. The fourth-order valence-electron chi connectivity index (χ4n) is 6.27. The summed E-state index contributed by atoms with van der Waals surface area (Å²) in [5.74, 6) is 0. The van der Waals surface area contributed by atoms with Crippen LogP contribution >= 0.6 is 0 Å². The summed E-state index contributed by atoms with van der Waals surface area (Å²) in [5, 5.41) is 13.9. The van der Waals surface area contributed by atoms with Crippen molar-refractivity contribution in [3.05, 3.63) is 0 Å². The Bertz CT molecular complexity index is 447. The monoisotopic (exact) mass is 598 g/mol. The largest absolute Gasteiger partial charge is 0.503 e. The minimum atomic E-state index is -1.83. The molecule has 0 aromatic heterocycles. The van der Waals surface area contributed by atoms with Crippen molar-refractivity contribution in [2.45, 2.75) is 238 Å². The molecule has 4 heteroatoms. The molecule has 0 aromatic carbocycles. The van der Waals surface area contributed by atoms with Gasteiger partial charge in [-0.25, -0.2) is 4.79 Å². The van der Waals surface area contributed by atoms with Gasteiger partial charge in [-0.3, -0.25) is 0 Å². The van der Waals surface area contributed by atoms with Crippen LogP contribution in [0.2, 0.25) is 0 Å². The number of carbonyl (C=O) groups is 1. The summed E-state index contributed by atoms with van der Waals surface area (Å²) >= 11 is 0. The molecule has 0 unspecified atom stereocenters. The van der Waals surface area contributed by atoms with E-state index in [-0.39, 0.29) is 5.54 Å². The van der Waals surface area contributed by atoms with Gasteiger partial charge in [-0.1, -0.05) is 213 Å². The van der Waals surface area contributed by atoms with Crippen LogP contribution in [0, 0.1) is 0 Å². The van der Waals surface area contributed by atoms with Gasteiger partial charge in [0.2, 0.25) is 0 Å². The van der Waals surface area contributed by atoms with Gasteiger partial charge in [0.15, 0.2) is 0 Å². The topological polar surface area (TPSA) is 83.6 Å². The molecule has 0 aliphatic rings. The first-order valence-corrected chi connectivity index (χ1v) is 19.1. The summed E-state index contributed by atoms with van der Waals surface area (Å²) in [5.41, 5.74) is 7.25. The van der Waals surface area contributed by atoms with Gasteiger partial charge >= 0.3 is 6.16 Å². The highest BCUT2D eigenvalue weighted by atomic mass is 16.6. The highest BCUT2D eigenvalue weighted by Crippen LogP contribution is 2.27. The van der Waals surface area contributed by atoms with Crippen LogP contribution in [0.4, 0.5) is 4.79 Å². The Hall–Kier alpha value is -0.770. The minimum Gasteiger partial charge on any atom is -0.450 e. The Labute approximate surface area is 264 Å². The summed E-state index contributed by atoms with van der Waals surface area (Å²) in [6.07, 6.45) is 44.7. The number of hydrogen-bond donors (Lipinski definition) is 3. The van der Waals surface area contributed by atoms with Crippen molar-refractivity contribution in [2.75, 3.05) is 0 Å². The summed E-state index contributed by atoms with van der Waals surface area (Å²) in [6, 6.07) is 0. The molecule has 0 rings (SSSR count). The van der Waals surface area contributed by atoms with Crippen LogP contribution in [0.1, 0.15) is 233 Å². The first kappa shape index (κ1) is 43.4. The van der Waals surface area contributed by atoms with Gasteiger partial charge < -0.3 is 15.9 Å². The molecule has 0 amide bonds. The lowest BCUT2D eigenvalue weighted by Gasteiger charge is -2.30. The molecule has 4 nitrogen and oxygen atoms in total. The standard InChI is InChI=1S/C37H77N.CH2O3/c1-4-7-10-13-16-19-22-25-28-31-34-37(38,35-32-29-26-23-20-17-14-11-8-5-2)36-33-30-27-24-21-18-15-12-9-6-3;2-1(3)4/h4-36,38H2,1-3H3;(H2,2,3,4). The highest BCUT2D eigenvalue weighted by Gasteiger charge is 2.23. The molecule has 0 saturated carbocycles. The average molecular weight is 598 g/mol. The molecule has 0 aromatic rings. The van der Waals surface area contributed by atoms with Gasteiger partial charge in [0.05, 0.1) is 0 Å². The second-order valence-corrected chi connectivity index (χ2v) is 13.4. The van der Waals surface area contributed by atoms with Crippen LogP contribution in [0.15, 0.2) is 0 Å². The van der Waals surface area contributed by atoms with Gasteiger partial charge in [0.25, 0.3) is 0 Å². The SMILES string of the molecule is CCCCCCCCCCCCC(N)(CCCCCCCCCCCC)CCCCCCCCCCCC.O=C(O)O. The van der Waals surface area contributed by atoms with Gasteiger partial charge in [-0.15, -0.1) is 0 Å². The molecule has 4 N–H and O–H groups in total. The van der Waals surface area contributed by atoms with Gasteiger partial charge in [0.1, 0.15) is 0 Å². The zero-order valence-corrected chi connectivity index (χ0v) is 29.2. The molecule has 254 valence electrons. The smallest absolute Gasteiger partial charge is 0.450 e. The van der Waals surface area contributed by atoms with Crippen molar-refractivity contribution < 1.29 is 15.0 Å². The zero-order chi connectivity index (χ0) is 31.4. The Morgan fingerprint density at radius 1 is 0.381 bits per heavy atom. The van der Waals surface area contributed by atoms with Crippen molar-refractivity contribution >= 4 is 6.16 Å². The maximum Gasteiger partial charge on any atom is 0.503 e. The molecular formula is C38H79NO3. The maximum absolute atomic E-state index is 8.56. The van der Waals surface area contributed by atoms with E-state index in [1.165, 1.54) is 212 Å². The lowest BCUT2D eigenvalue weighted by molar-refractivity contribution is 0.137. The van der Waals surface area contributed by atoms with Crippen LogP contribution in [0.5, 0.6) is 0 Å². The highest BCUT2D eigenvalue weighted by molar-refractivity contribution is 5.53. The van der Waals surface area contributed by atoms with E-state index < -0.39 is 6.16 Å². The van der Waals surface area contributed by atoms with Crippen LogP contribution < -0.4 is 5.73 Å². The van der Waals surface area contributed by atoms with Crippen molar-refractivity contribution in [3.8, 4) is 0 Å².